The molecule has 1 aromatic heterocycles. The number of carboxylic acids is 1. The van der Waals surface area contributed by atoms with Crippen LogP contribution in [0.4, 0.5) is 0 Å². The molecule has 1 aromatic rings. The van der Waals surface area contributed by atoms with Gasteiger partial charge in [-0.05, 0) is 37.6 Å². The number of aromatic nitrogens is 1. The maximum atomic E-state index is 11.3. The van der Waals surface area contributed by atoms with E-state index in [-0.39, 0.29) is 0 Å². The minimum Gasteiger partial charge on any atom is -0.480 e. The largest absolute Gasteiger partial charge is 0.480 e. The number of carbonyl (C=O) groups is 1. The molecule has 0 spiro atoms. The minimum atomic E-state index is -0.782. The SMILES string of the molecule is O=C(O)[C@@H](c1cccnc1)N1CCCCC1. The second kappa shape index (κ2) is 5.07. The Morgan fingerprint density at radius 3 is 2.69 bits per heavy atom. The van der Waals surface area contributed by atoms with Gasteiger partial charge in [0, 0.05) is 12.4 Å². The van der Waals surface area contributed by atoms with E-state index in [1.54, 1.807) is 18.5 Å². The number of nitrogens with zero attached hydrogens (tertiary/aromatic N) is 2. The highest BCUT2D eigenvalue weighted by Gasteiger charge is 2.28. The van der Waals surface area contributed by atoms with Crippen LogP contribution in [0.25, 0.3) is 0 Å². The zero-order valence-corrected chi connectivity index (χ0v) is 9.17. The Bertz CT molecular complexity index is 347. The van der Waals surface area contributed by atoms with E-state index in [1.807, 2.05) is 11.0 Å². The molecule has 0 saturated carbocycles. The monoisotopic (exact) mass is 220 g/mol. The fourth-order valence-corrected chi connectivity index (χ4v) is 2.22. The summed E-state index contributed by atoms with van der Waals surface area (Å²) in [5.74, 6) is -0.782. The van der Waals surface area contributed by atoms with Crippen LogP contribution < -0.4 is 0 Å². The minimum absolute atomic E-state index is 0.533. The summed E-state index contributed by atoms with van der Waals surface area (Å²) in [5.41, 5.74) is 0.775. The van der Waals surface area contributed by atoms with Gasteiger partial charge in [-0.15, -0.1) is 0 Å². The standard InChI is InChI=1S/C12H16N2O2/c15-12(16)11(10-5-4-6-13-9-10)14-7-2-1-3-8-14/h4-6,9,11H,1-3,7-8H2,(H,15,16)/t11-/m1/s1. The Kier molecular flexibility index (Phi) is 3.51. The van der Waals surface area contributed by atoms with Crippen LogP contribution in [0.3, 0.4) is 0 Å². The molecule has 1 aliphatic rings. The van der Waals surface area contributed by atoms with Crippen LogP contribution in [0.5, 0.6) is 0 Å². The second-order valence-electron chi connectivity index (χ2n) is 4.12. The second-order valence-corrected chi connectivity index (χ2v) is 4.12. The molecule has 0 bridgehead atoms. The highest BCUT2D eigenvalue weighted by Crippen LogP contribution is 2.24. The van der Waals surface area contributed by atoms with E-state index >= 15 is 0 Å². The molecule has 0 aromatic carbocycles. The first-order valence-electron chi connectivity index (χ1n) is 5.66. The van der Waals surface area contributed by atoms with Crippen LogP contribution in [0, 0.1) is 0 Å². The number of hydrogen-bond acceptors (Lipinski definition) is 3. The molecule has 1 N–H and O–H groups in total. The van der Waals surface area contributed by atoms with Crippen molar-refractivity contribution in [2.24, 2.45) is 0 Å². The lowest BCUT2D eigenvalue weighted by molar-refractivity contribution is -0.144. The average Bonchev–Trinajstić information content (AvgIpc) is 2.31. The first-order valence-corrected chi connectivity index (χ1v) is 5.66. The lowest BCUT2D eigenvalue weighted by atomic mass is 10.0. The highest BCUT2D eigenvalue weighted by atomic mass is 16.4. The van der Waals surface area contributed by atoms with E-state index in [2.05, 4.69) is 4.98 Å². The Morgan fingerprint density at radius 1 is 1.38 bits per heavy atom. The molecule has 1 fully saturated rings. The summed E-state index contributed by atoms with van der Waals surface area (Å²) < 4.78 is 0. The van der Waals surface area contributed by atoms with Crippen LogP contribution in [-0.2, 0) is 4.79 Å². The topological polar surface area (TPSA) is 53.4 Å². The van der Waals surface area contributed by atoms with Crippen molar-refractivity contribution in [3.05, 3.63) is 30.1 Å². The molecule has 4 nitrogen and oxygen atoms in total. The van der Waals surface area contributed by atoms with Crippen molar-refractivity contribution in [3.8, 4) is 0 Å². The molecule has 4 heteroatoms. The maximum absolute atomic E-state index is 11.3. The smallest absolute Gasteiger partial charge is 0.325 e. The van der Waals surface area contributed by atoms with Crippen molar-refractivity contribution in [2.75, 3.05) is 13.1 Å². The summed E-state index contributed by atoms with van der Waals surface area (Å²) in [6.07, 6.45) is 6.69. The van der Waals surface area contributed by atoms with Crippen LogP contribution in [0.2, 0.25) is 0 Å². The summed E-state index contributed by atoms with van der Waals surface area (Å²) in [6.45, 7) is 1.73. The van der Waals surface area contributed by atoms with Gasteiger partial charge in [0.25, 0.3) is 0 Å². The van der Waals surface area contributed by atoms with Gasteiger partial charge >= 0.3 is 5.97 Å². The van der Waals surface area contributed by atoms with Crippen molar-refractivity contribution in [3.63, 3.8) is 0 Å². The Hall–Kier alpha value is -1.42. The van der Waals surface area contributed by atoms with Crippen LogP contribution in [0.1, 0.15) is 30.9 Å². The number of pyridine rings is 1. The number of piperidine rings is 1. The molecule has 0 unspecified atom stereocenters. The Morgan fingerprint density at radius 2 is 2.12 bits per heavy atom. The predicted octanol–water partition coefficient (Wildman–Crippen LogP) is 1.69. The summed E-state index contributed by atoms with van der Waals surface area (Å²) in [5, 5.41) is 9.31. The lowest BCUT2D eigenvalue weighted by Crippen LogP contribution is -2.37. The molecule has 0 radical (unpaired) electrons. The third-order valence-corrected chi connectivity index (χ3v) is 2.99. The van der Waals surface area contributed by atoms with Gasteiger partial charge in [0.1, 0.15) is 6.04 Å². The molecule has 16 heavy (non-hydrogen) atoms. The Labute approximate surface area is 94.9 Å². The van der Waals surface area contributed by atoms with E-state index < -0.39 is 12.0 Å². The van der Waals surface area contributed by atoms with Crippen LogP contribution in [-0.4, -0.2) is 34.0 Å². The van der Waals surface area contributed by atoms with Crippen molar-refractivity contribution in [2.45, 2.75) is 25.3 Å². The third kappa shape index (κ3) is 2.39. The van der Waals surface area contributed by atoms with Crippen LogP contribution in [0.15, 0.2) is 24.5 Å². The van der Waals surface area contributed by atoms with Crippen molar-refractivity contribution in [1.82, 2.24) is 9.88 Å². The summed E-state index contributed by atoms with van der Waals surface area (Å²) >= 11 is 0. The van der Waals surface area contributed by atoms with Gasteiger partial charge in [0.05, 0.1) is 0 Å². The molecule has 2 rings (SSSR count). The van der Waals surface area contributed by atoms with E-state index in [9.17, 15) is 9.90 Å². The zero-order valence-electron chi connectivity index (χ0n) is 9.17. The van der Waals surface area contributed by atoms with E-state index in [0.717, 1.165) is 31.5 Å². The maximum Gasteiger partial charge on any atom is 0.325 e. The third-order valence-electron chi connectivity index (χ3n) is 2.99. The number of likely N-dealkylation sites (tertiary alicyclic amines) is 1. The van der Waals surface area contributed by atoms with Crippen LogP contribution >= 0.6 is 0 Å². The molecule has 2 heterocycles. The molecular weight excluding hydrogens is 204 g/mol. The predicted molar refractivity (Wildman–Crippen MR) is 60.0 cm³/mol. The molecule has 0 aliphatic carbocycles. The molecule has 86 valence electrons. The molecule has 1 atom stereocenters. The van der Waals surface area contributed by atoms with Gasteiger partial charge in [0.2, 0.25) is 0 Å². The number of hydrogen-bond donors (Lipinski definition) is 1. The fourth-order valence-electron chi connectivity index (χ4n) is 2.22. The number of aliphatic carboxylic acids is 1. The van der Waals surface area contributed by atoms with Crippen molar-refractivity contribution < 1.29 is 9.90 Å². The van der Waals surface area contributed by atoms with Gasteiger partial charge in [-0.3, -0.25) is 14.7 Å². The van der Waals surface area contributed by atoms with Gasteiger partial charge in [0.15, 0.2) is 0 Å². The number of rotatable bonds is 3. The van der Waals surface area contributed by atoms with Gasteiger partial charge in [-0.25, -0.2) is 0 Å². The summed E-state index contributed by atoms with van der Waals surface area (Å²) in [4.78, 5) is 17.4. The number of carboxylic acid groups (broad SMARTS) is 1. The van der Waals surface area contributed by atoms with E-state index in [4.69, 9.17) is 0 Å². The van der Waals surface area contributed by atoms with Gasteiger partial charge in [-0.2, -0.15) is 0 Å². The van der Waals surface area contributed by atoms with E-state index in [0.29, 0.717) is 0 Å². The normalized spacial score (nSPS) is 19.2. The average molecular weight is 220 g/mol. The summed E-state index contributed by atoms with van der Waals surface area (Å²) in [6, 6.07) is 3.09. The molecule has 1 aliphatic heterocycles. The first-order chi connectivity index (χ1) is 7.79. The molecule has 1 saturated heterocycles. The summed E-state index contributed by atoms with van der Waals surface area (Å²) in [7, 11) is 0. The fraction of sp³-hybridized carbons (Fsp3) is 0.500. The zero-order chi connectivity index (χ0) is 11.4. The van der Waals surface area contributed by atoms with E-state index in [1.165, 1.54) is 6.42 Å². The first kappa shape index (κ1) is 11.1. The lowest BCUT2D eigenvalue weighted by Gasteiger charge is -2.31. The van der Waals surface area contributed by atoms with Crippen molar-refractivity contribution in [1.29, 1.82) is 0 Å². The molecular formula is C12H16N2O2. The Balaban J connectivity index is 2.20. The van der Waals surface area contributed by atoms with Crippen molar-refractivity contribution >= 4 is 5.97 Å². The van der Waals surface area contributed by atoms with Gasteiger partial charge in [-0.1, -0.05) is 12.5 Å². The van der Waals surface area contributed by atoms with Gasteiger partial charge < -0.3 is 5.11 Å². The quantitative estimate of drug-likeness (QED) is 0.842. The highest BCUT2D eigenvalue weighted by molar-refractivity contribution is 5.75. The molecule has 0 amide bonds.